The standard InChI is InChI=1S/C8H14O6/c1-4-12-8(10)14-6(2)5-13-7(9)11-3/h6H,4-5H2,1-3H3. The first-order valence-electron chi connectivity index (χ1n) is 4.14. The highest BCUT2D eigenvalue weighted by molar-refractivity contribution is 5.60. The zero-order chi connectivity index (χ0) is 11.0. The number of hydrogen-bond donors (Lipinski definition) is 0. The fourth-order valence-electron chi connectivity index (χ4n) is 0.594. The highest BCUT2D eigenvalue weighted by Crippen LogP contribution is 1.96. The Kier molecular flexibility index (Phi) is 6.26. The Balaban J connectivity index is 3.59. The number of methoxy groups -OCH3 is 1. The van der Waals surface area contributed by atoms with Gasteiger partial charge in [-0.2, -0.15) is 0 Å². The summed E-state index contributed by atoms with van der Waals surface area (Å²) in [6.45, 7) is 3.41. The minimum atomic E-state index is -0.815. The predicted octanol–water partition coefficient (Wildman–Crippen LogP) is 1.33. The zero-order valence-corrected chi connectivity index (χ0v) is 8.44. The summed E-state index contributed by atoms with van der Waals surface area (Å²) >= 11 is 0. The van der Waals surface area contributed by atoms with E-state index in [0.717, 1.165) is 0 Å². The van der Waals surface area contributed by atoms with Crippen LogP contribution in [0.2, 0.25) is 0 Å². The second kappa shape index (κ2) is 6.99. The number of rotatable bonds is 4. The van der Waals surface area contributed by atoms with Crippen LogP contribution >= 0.6 is 0 Å². The Morgan fingerprint density at radius 2 is 1.86 bits per heavy atom. The van der Waals surface area contributed by atoms with Crippen molar-refractivity contribution in [1.82, 2.24) is 0 Å². The molecule has 1 unspecified atom stereocenters. The van der Waals surface area contributed by atoms with E-state index in [0.29, 0.717) is 0 Å². The lowest BCUT2D eigenvalue weighted by atomic mass is 10.4. The molecule has 0 aliphatic rings. The van der Waals surface area contributed by atoms with Crippen molar-refractivity contribution in [3.8, 4) is 0 Å². The van der Waals surface area contributed by atoms with Gasteiger partial charge in [0.05, 0.1) is 13.7 Å². The summed E-state index contributed by atoms with van der Waals surface area (Å²) in [5.74, 6) is 0. The quantitative estimate of drug-likeness (QED) is 0.646. The number of carbonyl (C=O) groups excluding carboxylic acids is 2. The molecule has 1 atom stereocenters. The molecule has 0 aromatic rings. The van der Waals surface area contributed by atoms with E-state index in [2.05, 4.69) is 14.2 Å². The highest BCUT2D eigenvalue weighted by atomic mass is 16.7. The summed E-state index contributed by atoms with van der Waals surface area (Å²) in [7, 11) is 1.19. The van der Waals surface area contributed by atoms with E-state index in [4.69, 9.17) is 4.74 Å². The molecule has 0 heterocycles. The predicted molar refractivity (Wildman–Crippen MR) is 45.9 cm³/mol. The van der Waals surface area contributed by atoms with Crippen LogP contribution in [0.3, 0.4) is 0 Å². The summed E-state index contributed by atoms with van der Waals surface area (Å²) in [5.41, 5.74) is 0. The third-order valence-electron chi connectivity index (χ3n) is 1.16. The molecule has 0 fully saturated rings. The van der Waals surface area contributed by atoms with Crippen molar-refractivity contribution in [2.45, 2.75) is 20.0 Å². The van der Waals surface area contributed by atoms with Gasteiger partial charge in [-0.25, -0.2) is 9.59 Å². The third-order valence-corrected chi connectivity index (χ3v) is 1.16. The molecular formula is C8H14O6. The Morgan fingerprint density at radius 3 is 2.36 bits per heavy atom. The molecule has 0 saturated heterocycles. The van der Waals surface area contributed by atoms with Gasteiger partial charge in [-0.15, -0.1) is 0 Å². The normalized spacial score (nSPS) is 11.4. The van der Waals surface area contributed by atoms with Crippen molar-refractivity contribution in [2.75, 3.05) is 20.3 Å². The Bertz CT molecular complexity index is 190. The van der Waals surface area contributed by atoms with Gasteiger partial charge in [0, 0.05) is 0 Å². The number of carbonyl (C=O) groups is 2. The van der Waals surface area contributed by atoms with E-state index in [1.165, 1.54) is 7.11 Å². The molecule has 0 aliphatic heterocycles. The Hall–Kier alpha value is -1.46. The molecule has 0 spiro atoms. The van der Waals surface area contributed by atoms with Gasteiger partial charge in [0.15, 0.2) is 0 Å². The smallest absolute Gasteiger partial charge is 0.438 e. The molecule has 0 radical (unpaired) electrons. The van der Waals surface area contributed by atoms with E-state index < -0.39 is 18.4 Å². The molecule has 0 aromatic carbocycles. The van der Waals surface area contributed by atoms with Crippen LogP contribution in [0.25, 0.3) is 0 Å². The summed E-state index contributed by atoms with van der Waals surface area (Å²) in [6.07, 6.45) is -2.16. The summed E-state index contributed by atoms with van der Waals surface area (Å²) in [6, 6.07) is 0. The molecule has 14 heavy (non-hydrogen) atoms. The molecule has 0 N–H and O–H groups in total. The van der Waals surface area contributed by atoms with Gasteiger partial charge in [-0.3, -0.25) is 0 Å². The van der Waals surface area contributed by atoms with E-state index in [9.17, 15) is 9.59 Å². The van der Waals surface area contributed by atoms with Gasteiger partial charge in [0.25, 0.3) is 0 Å². The molecule has 0 bridgehead atoms. The zero-order valence-electron chi connectivity index (χ0n) is 8.44. The van der Waals surface area contributed by atoms with Gasteiger partial charge >= 0.3 is 12.3 Å². The van der Waals surface area contributed by atoms with Crippen LogP contribution in [0, 0.1) is 0 Å². The first-order valence-corrected chi connectivity index (χ1v) is 4.14. The van der Waals surface area contributed by atoms with Gasteiger partial charge in [0.1, 0.15) is 12.7 Å². The maximum absolute atomic E-state index is 10.8. The van der Waals surface area contributed by atoms with Crippen LogP contribution < -0.4 is 0 Å². The molecular weight excluding hydrogens is 192 g/mol. The second-order valence-corrected chi connectivity index (χ2v) is 2.38. The van der Waals surface area contributed by atoms with Crippen molar-refractivity contribution >= 4 is 12.3 Å². The average molecular weight is 206 g/mol. The molecule has 0 aliphatic carbocycles. The van der Waals surface area contributed by atoms with Crippen LogP contribution in [-0.2, 0) is 18.9 Å². The topological polar surface area (TPSA) is 71.1 Å². The first-order chi connectivity index (χ1) is 6.60. The first kappa shape index (κ1) is 12.5. The Labute approximate surface area is 82.1 Å². The van der Waals surface area contributed by atoms with Crippen molar-refractivity contribution in [1.29, 1.82) is 0 Å². The molecule has 0 saturated carbocycles. The lowest BCUT2D eigenvalue weighted by Gasteiger charge is -2.12. The van der Waals surface area contributed by atoms with Gasteiger partial charge < -0.3 is 18.9 Å². The summed E-state index contributed by atoms with van der Waals surface area (Å²) < 4.78 is 18.0. The number of hydrogen-bond acceptors (Lipinski definition) is 6. The minimum absolute atomic E-state index is 0.0640. The minimum Gasteiger partial charge on any atom is -0.438 e. The monoisotopic (exact) mass is 206 g/mol. The molecule has 0 amide bonds. The van der Waals surface area contributed by atoms with E-state index in [1.807, 2.05) is 0 Å². The number of ether oxygens (including phenoxy) is 4. The summed E-state index contributed by atoms with van der Waals surface area (Å²) in [4.78, 5) is 21.3. The fraction of sp³-hybridized carbons (Fsp3) is 0.750. The van der Waals surface area contributed by atoms with Crippen molar-refractivity contribution in [3.05, 3.63) is 0 Å². The molecule has 6 heteroatoms. The van der Waals surface area contributed by atoms with E-state index in [1.54, 1.807) is 13.8 Å². The van der Waals surface area contributed by atoms with Crippen molar-refractivity contribution in [2.24, 2.45) is 0 Å². The van der Waals surface area contributed by atoms with Gasteiger partial charge in [-0.05, 0) is 13.8 Å². The molecule has 0 aromatic heterocycles. The van der Waals surface area contributed by atoms with E-state index >= 15 is 0 Å². The maximum Gasteiger partial charge on any atom is 0.508 e. The highest BCUT2D eigenvalue weighted by Gasteiger charge is 2.12. The van der Waals surface area contributed by atoms with E-state index in [-0.39, 0.29) is 13.2 Å². The van der Waals surface area contributed by atoms with Crippen molar-refractivity contribution in [3.63, 3.8) is 0 Å². The maximum atomic E-state index is 10.8. The third kappa shape index (κ3) is 6.10. The molecule has 0 rings (SSSR count). The average Bonchev–Trinajstić information content (AvgIpc) is 2.14. The SMILES string of the molecule is CCOC(=O)OC(C)COC(=O)OC. The van der Waals surface area contributed by atoms with Gasteiger partial charge in [0.2, 0.25) is 0 Å². The fourth-order valence-corrected chi connectivity index (χ4v) is 0.594. The summed E-state index contributed by atoms with van der Waals surface area (Å²) in [5, 5.41) is 0. The van der Waals surface area contributed by atoms with Crippen LogP contribution in [-0.4, -0.2) is 38.7 Å². The lowest BCUT2D eigenvalue weighted by Crippen LogP contribution is -2.22. The Morgan fingerprint density at radius 1 is 1.21 bits per heavy atom. The van der Waals surface area contributed by atoms with Gasteiger partial charge in [-0.1, -0.05) is 0 Å². The lowest BCUT2D eigenvalue weighted by molar-refractivity contribution is -0.00516. The largest absolute Gasteiger partial charge is 0.508 e. The second-order valence-electron chi connectivity index (χ2n) is 2.38. The van der Waals surface area contributed by atoms with Crippen LogP contribution in [0.15, 0.2) is 0 Å². The van der Waals surface area contributed by atoms with Crippen LogP contribution in [0.5, 0.6) is 0 Å². The van der Waals surface area contributed by atoms with Crippen LogP contribution in [0.4, 0.5) is 9.59 Å². The van der Waals surface area contributed by atoms with Crippen LogP contribution in [0.1, 0.15) is 13.8 Å². The molecule has 6 nitrogen and oxygen atoms in total. The molecule has 82 valence electrons. The van der Waals surface area contributed by atoms with Crippen molar-refractivity contribution < 1.29 is 28.5 Å².